The Morgan fingerprint density at radius 1 is 0.706 bits per heavy atom. The minimum absolute atomic E-state index is 0.00551. The second kappa shape index (κ2) is 11.0. The van der Waals surface area contributed by atoms with Gasteiger partial charge >= 0.3 is 0 Å². The summed E-state index contributed by atoms with van der Waals surface area (Å²) in [7, 11) is 0. The van der Waals surface area contributed by atoms with Gasteiger partial charge in [-0.1, -0.05) is 65.5 Å². The topological polar surface area (TPSA) is 40.6 Å². The van der Waals surface area contributed by atoms with Gasteiger partial charge in [-0.05, 0) is 48.6 Å². The molecule has 4 heterocycles. The van der Waals surface area contributed by atoms with E-state index in [1.165, 1.54) is 0 Å². The van der Waals surface area contributed by atoms with Gasteiger partial charge in [0.15, 0.2) is 0 Å². The summed E-state index contributed by atoms with van der Waals surface area (Å²) in [5.74, 6) is 0.0110. The van der Waals surface area contributed by atoms with Crippen molar-refractivity contribution in [2.45, 2.75) is 91.1 Å². The van der Waals surface area contributed by atoms with Crippen LogP contribution in [-0.4, -0.2) is 33.7 Å². The second-order valence-corrected chi connectivity index (χ2v) is 11.1. The Bertz CT molecular complexity index is 980. The maximum absolute atomic E-state index is 14.2. The maximum atomic E-state index is 14.2. The Labute approximate surface area is 212 Å². The van der Waals surface area contributed by atoms with Gasteiger partial charge in [-0.25, -0.2) is 0 Å². The van der Waals surface area contributed by atoms with Crippen molar-refractivity contribution in [3.8, 4) is 0 Å². The molecule has 34 heavy (non-hydrogen) atoms. The molecule has 0 radical (unpaired) electrons. The third kappa shape index (κ3) is 4.31. The summed E-state index contributed by atoms with van der Waals surface area (Å²) in [5.41, 5.74) is 2.93. The van der Waals surface area contributed by atoms with E-state index in [0.29, 0.717) is 11.1 Å². The van der Waals surface area contributed by atoms with Crippen molar-refractivity contribution in [3.63, 3.8) is 0 Å². The lowest BCUT2D eigenvalue weighted by Gasteiger charge is -2.33. The zero-order valence-corrected chi connectivity index (χ0v) is 22.4. The fraction of sp³-hybridized carbons (Fsp3) is 0.500. The number of nitrogens with zero attached hydrogens (tertiary/aromatic N) is 2. The normalized spacial score (nSPS) is 17.9. The number of thiophene rings is 2. The van der Waals surface area contributed by atoms with Crippen molar-refractivity contribution in [2.75, 3.05) is 0 Å². The molecule has 4 rings (SSSR count). The van der Waals surface area contributed by atoms with Gasteiger partial charge < -0.3 is 9.80 Å². The summed E-state index contributed by atoms with van der Waals surface area (Å²) in [6, 6.07) is 8.33. The van der Waals surface area contributed by atoms with E-state index in [1.807, 2.05) is 32.7 Å². The Balaban J connectivity index is 1.93. The highest BCUT2D eigenvalue weighted by molar-refractivity contribution is 7.11. The van der Waals surface area contributed by atoms with Crippen LogP contribution in [0.4, 0.5) is 0 Å². The molecule has 2 aliphatic heterocycles. The zero-order chi connectivity index (χ0) is 24.2. The molecule has 182 valence electrons. The van der Waals surface area contributed by atoms with Crippen LogP contribution >= 0.6 is 22.7 Å². The minimum Gasteiger partial charge on any atom is -0.303 e. The minimum atomic E-state index is 0.00551. The van der Waals surface area contributed by atoms with Crippen molar-refractivity contribution < 1.29 is 9.59 Å². The fourth-order valence-electron chi connectivity index (χ4n) is 5.26. The molecule has 2 aliphatic rings. The highest BCUT2D eigenvalue weighted by Gasteiger charge is 2.51. The molecule has 4 nitrogen and oxygen atoms in total. The molecule has 0 saturated heterocycles. The summed E-state index contributed by atoms with van der Waals surface area (Å²) < 4.78 is 0. The number of amides is 2. The highest BCUT2D eigenvalue weighted by Crippen LogP contribution is 2.50. The molecular formula is C28H36N2O2S2. The number of fused-ring (bicyclic) bond motifs is 1. The fourth-order valence-corrected chi connectivity index (χ4v) is 6.80. The van der Waals surface area contributed by atoms with Crippen LogP contribution in [0.1, 0.15) is 88.8 Å². The molecule has 0 N–H and O–H groups in total. The largest absolute Gasteiger partial charge is 0.303 e. The zero-order valence-electron chi connectivity index (χ0n) is 20.8. The predicted octanol–water partition coefficient (Wildman–Crippen LogP) is 7.55. The van der Waals surface area contributed by atoms with Crippen molar-refractivity contribution in [2.24, 2.45) is 0 Å². The van der Waals surface area contributed by atoms with E-state index in [9.17, 15) is 9.59 Å². The number of hydrogen-bond donors (Lipinski definition) is 0. The Hall–Kier alpha value is -2.18. The van der Waals surface area contributed by atoms with E-state index in [-0.39, 0.29) is 23.9 Å². The van der Waals surface area contributed by atoms with Crippen molar-refractivity contribution in [1.82, 2.24) is 9.80 Å². The molecule has 2 aromatic rings. The third-order valence-corrected chi connectivity index (χ3v) is 8.79. The monoisotopic (exact) mass is 496 g/mol. The third-order valence-electron chi connectivity index (χ3n) is 7.03. The molecule has 0 saturated carbocycles. The van der Waals surface area contributed by atoms with Gasteiger partial charge in [0.2, 0.25) is 0 Å². The molecule has 2 unspecified atom stereocenters. The highest BCUT2D eigenvalue weighted by atomic mass is 32.1. The number of carbonyl (C=O) groups excluding carboxylic acids is 2. The quantitative estimate of drug-likeness (QED) is 0.304. The summed E-state index contributed by atoms with van der Waals surface area (Å²) >= 11 is 3.23. The molecule has 2 amide bonds. The van der Waals surface area contributed by atoms with E-state index in [4.69, 9.17) is 0 Å². The first-order chi connectivity index (χ1) is 16.6. The summed E-state index contributed by atoms with van der Waals surface area (Å²) in [5, 5.41) is 4.07. The van der Waals surface area contributed by atoms with Gasteiger partial charge in [0.1, 0.15) is 0 Å². The van der Waals surface area contributed by atoms with Gasteiger partial charge in [-0.2, -0.15) is 0 Å². The molecular weight excluding hydrogens is 460 g/mol. The van der Waals surface area contributed by atoms with E-state index in [1.54, 1.807) is 22.7 Å². The number of hydrogen-bond acceptors (Lipinski definition) is 4. The molecule has 2 aromatic heterocycles. The number of carbonyl (C=O) groups is 2. The standard InChI is InChI=1S/C28H36N2O2S2/c1-5-9-13-19(7-3)29-25(21-15-11-17-33-21)23-24(27(29)31)26(22-16-12-18-34-22)30(28(23)32)20(8-4)14-10-6-2/h11-12,15-20H,5-10,13-14H2,1-4H3. The Kier molecular flexibility index (Phi) is 8.10. The van der Waals surface area contributed by atoms with Crippen molar-refractivity contribution in [1.29, 1.82) is 0 Å². The first kappa shape index (κ1) is 24.9. The lowest BCUT2D eigenvalue weighted by molar-refractivity contribution is -0.125. The predicted molar refractivity (Wildman–Crippen MR) is 143 cm³/mol. The smallest absolute Gasteiger partial charge is 0.261 e. The first-order valence-corrected chi connectivity index (χ1v) is 14.6. The molecule has 0 spiro atoms. The van der Waals surface area contributed by atoms with Gasteiger partial charge in [0.05, 0.1) is 32.3 Å². The van der Waals surface area contributed by atoms with Crippen LogP contribution in [-0.2, 0) is 9.59 Å². The van der Waals surface area contributed by atoms with Crippen LogP contribution < -0.4 is 0 Å². The lowest BCUT2D eigenvalue weighted by atomic mass is 10.0. The van der Waals surface area contributed by atoms with E-state index < -0.39 is 0 Å². The molecule has 0 bridgehead atoms. The summed E-state index contributed by atoms with van der Waals surface area (Å²) in [6.07, 6.45) is 7.98. The summed E-state index contributed by atoms with van der Waals surface area (Å²) in [4.78, 5) is 34.4. The molecule has 6 heteroatoms. The number of unbranched alkanes of at least 4 members (excludes halogenated alkanes) is 2. The van der Waals surface area contributed by atoms with Crippen LogP contribution in [0.25, 0.3) is 11.4 Å². The van der Waals surface area contributed by atoms with Crippen LogP contribution in [0, 0.1) is 0 Å². The lowest BCUT2D eigenvalue weighted by Crippen LogP contribution is -2.39. The second-order valence-electron chi connectivity index (χ2n) is 9.16. The van der Waals surface area contributed by atoms with Gasteiger partial charge in [-0.15, -0.1) is 22.7 Å². The van der Waals surface area contributed by atoms with E-state index >= 15 is 0 Å². The molecule has 0 aliphatic carbocycles. The SMILES string of the molecule is CCCCC(CC)N1C(=O)C2=C(c3cccs3)N(C(CC)CCCC)C(=O)C2=C1c1cccs1. The Morgan fingerprint density at radius 3 is 1.41 bits per heavy atom. The maximum Gasteiger partial charge on any atom is 0.261 e. The first-order valence-electron chi connectivity index (χ1n) is 12.8. The van der Waals surface area contributed by atoms with Crippen molar-refractivity contribution >= 4 is 45.9 Å². The Morgan fingerprint density at radius 2 is 1.12 bits per heavy atom. The van der Waals surface area contributed by atoms with Crippen molar-refractivity contribution in [3.05, 3.63) is 55.9 Å². The van der Waals surface area contributed by atoms with Crippen LogP contribution in [0.3, 0.4) is 0 Å². The molecule has 0 fully saturated rings. The van der Waals surface area contributed by atoms with E-state index in [0.717, 1.165) is 72.5 Å². The van der Waals surface area contributed by atoms with Gasteiger partial charge in [0.25, 0.3) is 11.8 Å². The van der Waals surface area contributed by atoms with Crippen LogP contribution in [0.15, 0.2) is 46.2 Å². The van der Waals surface area contributed by atoms with Crippen LogP contribution in [0.5, 0.6) is 0 Å². The summed E-state index contributed by atoms with van der Waals surface area (Å²) in [6.45, 7) is 8.68. The van der Waals surface area contributed by atoms with E-state index in [2.05, 4.69) is 39.8 Å². The average molecular weight is 497 g/mol. The number of rotatable bonds is 12. The van der Waals surface area contributed by atoms with Gasteiger partial charge in [-0.3, -0.25) is 9.59 Å². The average Bonchev–Trinajstić information content (AvgIpc) is 3.63. The molecule has 0 aromatic carbocycles. The molecule has 2 atom stereocenters. The van der Waals surface area contributed by atoms with Gasteiger partial charge in [0, 0.05) is 12.1 Å². The van der Waals surface area contributed by atoms with Crippen LogP contribution in [0.2, 0.25) is 0 Å².